The maximum absolute atomic E-state index is 12.6. The number of morpholine rings is 1. The standard InChI is InChI=1S/C22H29N3O3/c1-22(2,3)17-6-8-18(9-7-17)28-14-11-24-21(26)19-5-4-10-23-20(19)25-12-15-27-16-13-25/h4-10H,11-16H2,1-3H3,(H,24,26). The molecular weight excluding hydrogens is 354 g/mol. The number of benzene rings is 1. The van der Waals surface area contributed by atoms with E-state index in [4.69, 9.17) is 9.47 Å². The van der Waals surface area contributed by atoms with E-state index in [2.05, 4.69) is 48.1 Å². The van der Waals surface area contributed by atoms with Crippen LogP contribution in [0.5, 0.6) is 5.75 Å². The van der Waals surface area contributed by atoms with Crippen molar-refractivity contribution in [2.75, 3.05) is 44.4 Å². The van der Waals surface area contributed by atoms with E-state index in [0.717, 1.165) is 18.8 Å². The SMILES string of the molecule is CC(C)(C)c1ccc(OCCNC(=O)c2cccnc2N2CCOCC2)cc1. The monoisotopic (exact) mass is 383 g/mol. The zero-order chi connectivity index (χ0) is 20.0. The Morgan fingerprint density at radius 2 is 1.89 bits per heavy atom. The first kappa shape index (κ1) is 20.1. The van der Waals surface area contributed by atoms with Gasteiger partial charge in [-0.2, -0.15) is 0 Å². The Bertz CT molecular complexity index is 778. The van der Waals surface area contributed by atoms with Crippen LogP contribution in [-0.2, 0) is 10.2 Å². The molecule has 0 radical (unpaired) electrons. The number of amides is 1. The Balaban J connectivity index is 1.51. The van der Waals surface area contributed by atoms with E-state index in [-0.39, 0.29) is 11.3 Å². The molecule has 6 nitrogen and oxygen atoms in total. The number of ether oxygens (including phenoxy) is 2. The molecule has 0 spiro atoms. The molecular formula is C22H29N3O3. The quantitative estimate of drug-likeness (QED) is 0.777. The summed E-state index contributed by atoms with van der Waals surface area (Å²) in [6, 6.07) is 11.7. The van der Waals surface area contributed by atoms with Crippen molar-refractivity contribution in [2.24, 2.45) is 0 Å². The van der Waals surface area contributed by atoms with Crippen LogP contribution >= 0.6 is 0 Å². The van der Waals surface area contributed by atoms with Crippen LogP contribution in [0.2, 0.25) is 0 Å². The van der Waals surface area contributed by atoms with Gasteiger partial charge in [0.2, 0.25) is 0 Å². The van der Waals surface area contributed by atoms with Crippen molar-refractivity contribution in [1.29, 1.82) is 0 Å². The van der Waals surface area contributed by atoms with E-state index in [1.54, 1.807) is 18.3 Å². The zero-order valence-electron chi connectivity index (χ0n) is 16.9. The molecule has 1 aromatic carbocycles. The Kier molecular flexibility index (Phi) is 6.52. The van der Waals surface area contributed by atoms with Gasteiger partial charge >= 0.3 is 0 Å². The van der Waals surface area contributed by atoms with Gasteiger partial charge in [0.25, 0.3) is 5.91 Å². The molecule has 0 atom stereocenters. The first-order valence-corrected chi connectivity index (χ1v) is 9.74. The highest BCUT2D eigenvalue weighted by Gasteiger charge is 2.19. The number of carbonyl (C=O) groups excluding carboxylic acids is 1. The number of pyridine rings is 1. The zero-order valence-corrected chi connectivity index (χ0v) is 16.9. The van der Waals surface area contributed by atoms with Crippen molar-refractivity contribution in [1.82, 2.24) is 10.3 Å². The molecule has 0 bridgehead atoms. The van der Waals surface area contributed by atoms with Gasteiger partial charge < -0.3 is 19.7 Å². The van der Waals surface area contributed by atoms with E-state index < -0.39 is 0 Å². The summed E-state index contributed by atoms with van der Waals surface area (Å²) in [6.07, 6.45) is 1.71. The first-order valence-electron chi connectivity index (χ1n) is 9.74. The Morgan fingerprint density at radius 1 is 1.18 bits per heavy atom. The minimum atomic E-state index is -0.138. The molecule has 2 heterocycles. The molecule has 0 aliphatic carbocycles. The number of hydrogen-bond acceptors (Lipinski definition) is 5. The third kappa shape index (κ3) is 5.23. The molecule has 28 heavy (non-hydrogen) atoms. The highest BCUT2D eigenvalue weighted by atomic mass is 16.5. The van der Waals surface area contributed by atoms with Crippen molar-refractivity contribution in [3.8, 4) is 5.75 Å². The number of nitrogens with zero attached hydrogens (tertiary/aromatic N) is 2. The van der Waals surface area contributed by atoms with Gasteiger partial charge in [-0.1, -0.05) is 32.9 Å². The fourth-order valence-electron chi connectivity index (χ4n) is 3.08. The smallest absolute Gasteiger partial charge is 0.255 e. The predicted octanol–water partition coefficient (Wildman–Crippen LogP) is 3.02. The van der Waals surface area contributed by atoms with Crippen molar-refractivity contribution < 1.29 is 14.3 Å². The normalized spacial score (nSPS) is 14.6. The average Bonchev–Trinajstić information content (AvgIpc) is 2.71. The fraction of sp³-hybridized carbons (Fsp3) is 0.455. The third-order valence-electron chi connectivity index (χ3n) is 4.72. The van der Waals surface area contributed by atoms with Crippen LogP contribution in [0.3, 0.4) is 0 Å². The molecule has 150 valence electrons. The maximum atomic E-state index is 12.6. The maximum Gasteiger partial charge on any atom is 0.255 e. The lowest BCUT2D eigenvalue weighted by atomic mass is 9.87. The number of nitrogens with one attached hydrogen (secondary N) is 1. The van der Waals surface area contributed by atoms with Gasteiger partial charge in [0.05, 0.1) is 25.3 Å². The van der Waals surface area contributed by atoms with Crippen molar-refractivity contribution in [3.05, 3.63) is 53.7 Å². The minimum Gasteiger partial charge on any atom is -0.492 e. The van der Waals surface area contributed by atoms with E-state index in [1.807, 2.05) is 12.1 Å². The van der Waals surface area contributed by atoms with Gasteiger partial charge in [0, 0.05) is 19.3 Å². The molecule has 2 aromatic rings. The highest BCUT2D eigenvalue weighted by Crippen LogP contribution is 2.24. The van der Waals surface area contributed by atoms with Crippen LogP contribution in [-0.4, -0.2) is 50.3 Å². The molecule has 1 saturated heterocycles. The van der Waals surface area contributed by atoms with Gasteiger partial charge in [0.15, 0.2) is 0 Å². The molecule has 1 aliphatic heterocycles. The summed E-state index contributed by atoms with van der Waals surface area (Å²) < 4.78 is 11.1. The lowest BCUT2D eigenvalue weighted by molar-refractivity contribution is 0.0945. The van der Waals surface area contributed by atoms with Gasteiger partial charge in [-0.05, 0) is 35.2 Å². The molecule has 0 unspecified atom stereocenters. The predicted molar refractivity (Wildman–Crippen MR) is 110 cm³/mol. The Morgan fingerprint density at radius 3 is 2.57 bits per heavy atom. The summed E-state index contributed by atoms with van der Waals surface area (Å²) in [7, 11) is 0. The molecule has 1 N–H and O–H groups in total. The van der Waals surface area contributed by atoms with Gasteiger partial charge in [0.1, 0.15) is 18.2 Å². The third-order valence-corrected chi connectivity index (χ3v) is 4.72. The molecule has 1 fully saturated rings. The lowest BCUT2D eigenvalue weighted by Crippen LogP contribution is -2.38. The Hall–Kier alpha value is -2.60. The number of carbonyl (C=O) groups is 1. The van der Waals surface area contributed by atoms with E-state index >= 15 is 0 Å². The second-order valence-corrected chi connectivity index (χ2v) is 7.85. The molecule has 1 aromatic heterocycles. The van der Waals surface area contributed by atoms with Crippen LogP contribution < -0.4 is 15.0 Å². The highest BCUT2D eigenvalue weighted by molar-refractivity contribution is 5.98. The van der Waals surface area contributed by atoms with Crippen LogP contribution in [0.4, 0.5) is 5.82 Å². The summed E-state index contributed by atoms with van der Waals surface area (Å²) >= 11 is 0. The second-order valence-electron chi connectivity index (χ2n) is 7.85. The van der Waals surface area contributed by atoms with Crippen molar-refractivity contribution >= 4 is 11.7 Å². The summed E-state index contributed by atoms with van der Waals surface area (Å²) in [4.78, 5) is 19.1. The van der Waals surface area contributed by atoms with Gasteiger partial charge in [-0.25, -0.2) is 4.98 Å². The topological polar surface area (TPSA) is 63.7 Å². The molecule has 6 heteroatoms. The second kappa shape index (κ2) is 9.06. The number of rotatable bonds is 6. The van der Waals surface area contributed by atoms with Crippen LogP contribution in [0.25, 0.3) is 0 Å². The van der Waals surface area contributed by atoms with Crippen LogP contribution in [0.1, 0.15) is 36.7 Å². The van der Waals surface area contributed by atoms with E-state index in [1.165, 1.54) is 5.56 Å². The van der Waals surface area contributed by atoms with Crippen LogP contribution in [0.15, 0.2) is 42.6 Å². The molecule has 1 aliphatic rings. The van der Waals surface area contributed by atoms with Crippen molar-refractivity contribution in [2.45, 2.75) is 26.2 Å². The van der Waals surface area contributed by atoms with E-state index in [0.29, 0.717) is 37.7 Å². The molecule has 3 rings (SSSR count). The van der Waals surface area contributed by atoms with Crippen molar-refractivity contribution in [3.63, 3.8) is 0 Å². The minimum absolute atomic E-state index is 0.119. The lowest BCUT2D eigenvalue weighted by Gasteiger charge is -2.29. The van der Waals surface area contributed by atoms with Gasteiger partial charge in [-0.3, -0.25) is 4.79 Å². The first-order chi connectivity index (χ1) is 13.4. The average molecular weight is 383 g/mol. The van der Waals surface area contributed by atoms with E-state index in [9.17, 15) is 4.79 Å². The summed E-state index contributed by atoms with van der Waals surface area (Å²) in [6.45, 7) is 10.2. The Labute approximate surface area is 166 Å². The van der Waals surface area contributed by atoms with Crippen LogP contribution in [0, 0.1) is 0 Å². The summed E-state index contributed by atoms with van der Waals surface area (Å²) in [5.41, 5.74) is 1.97. The number of hydrogen-bond donors (Lipinski definition) is 1. The molecule has 0 saturated carbocycles. The largest absolute Gasteiger partial charge is 0.492 e. The number of anilines is 1. The number of aromatic nitrogens is 1. The molecule has 1 amide bonds. The fourth-order valence-corrected chi connectivity index (χ4v) is 3.08. The summed E-state index contributed by atoms with van der Waals surface area (Å²) in [5.74, 6) is 1.38. The summed E-state index contributed by atoms with van der Waals surface area (Å²) in [5, 5.41) is 2.92. The van der Waals surface area contributed by atoms with Gasteiger partial charge in [-0.15, -0.1) is 0 Å².